The van der Waals surface area contributed by atoms with Crippen LogP contribution >= 0.6 is 22.9 Å². The van der Waals surface area contributed by atoms with Gasteiger partial charge in [-0.05, 0) is 30.2 Å². The summed E-state index contributed by atoms with van der Waals surface area (Å²) < 4.78 is 0. The Labute approximate surface area is 133 Å². The van der Waals surface area contributed by atoms with Crippen LogP contribution in [0.4, 0.5) is 5.13 Å². The highest BCUT2D eigenvalue weighted by atomic mass is 35.5. The summed E-state index contributed by atoms with van der Waals surface area (Å²) in [6.45, 7) is 4.16. The van der Waals surface area contributed by atoms with Gasteiger partial charge in [0, 0.05) is 35.0 Å². The number of anilines is 1. The van der Waals surface area contributed by atoms with Gasteiger partial charge in [0.1, 0.15) is 0 Å². The molecular weight excluding hydrogens is 306 g/mol. The molecule has 0 saturated heterocycles. The lowest BCUT2D eigenvalue weighted by molar-refractivity contribution is -0.119. The largest absolute Gasteiger partial charge is 0.330 e. The van der Waals surface area contributed by atoms with Crippen LogP contribution in [0.1, 0.15) is 22.9 Å². The summed E-state index contributed by atoms with van der Waals surface area (Å²) in [4.78, 5) is 17.1. The predicted octanol–water partition coefficient (Wildman–Crippen LogP) is 3.23. The fourth-order valence-corrected chi connectivity index (χ4v) is 2.89. The molecule has 0 aliphatic carbocycles. The van der Waals surface area contributed by atoms with Crippen LogP contribution in [-0.4, -0.2) is 17.4 Å². The van der Waals surface area contributed by atoms with Crippen molar-refractivity contribution in [3.8, 4) is 0 Å². The highest BCUT2D eigenvalue weighted by Gasteiger charge is 2.13. The average molecular weight is 324 g/mol. The van der Waals surface area contributed by atoms with Gasteiger partial charge in [-0.25, -0.2) is 4.98 Å². The molecule has 0 radical (unpaired) electrons. The van der Waals surface area contributed by atoms with Crippen molar-refractivity contribution >= 4 is 34.0 Å². The molecule has 2 aromatic rings. The summed E-state index contributed by atoms with van der Waals surface area (Å²) in [5.74, 6) is -0.308. The number of halogens is 1. The summed E-state index contributed by atoms with van der Waals surface area (Å²) in [6, 6.07) is 5.85. The Bertz CT molecular complexity index is 642. The minimum absolute atomic E-state index is 0.0962. The van der Waals surface area contributed by atoms with E-state index in [2.05, 4.69) is 10.3 Å². The van der Waals surface area contributed by atoms with Crippen LogP contribution in [0.25, 0.3) is 0 Å². The summed E-state index contributed by atoms with van der Waals surface area (Å²) in [6.07, 6.45) is 2.57. The third kappa shape index (κ3) is 4.27. The number of carbonyl (C=O) groups excluding carboxylic acids is 1. The van der Waals surface area contributed by atoms with Crippen LogP contribution in [0.2, 0.25) is 5.02 Å². The van der Waals surface area contributed by atoms with Crippen molar-refractivity contribution in [2.45, 2.75) is 20.3 Å². The molecule has 1 atom stereocenters. The molecule has 6 heteroatoms. The van der Waals surface area contributed by atoms with Gasteiger partial charge in [-0.1, -0.05) is 24.6 Å². The number of nitrogens with zero attached hydrogens (tertiary/aromatic N) is 1. The molecule has 1 aromatic carbocycles. The molecule has 2 rings (SSSR count). The lowest BCUT2D eigenvalue weighted by atomic mass is 10.1. The second kappa shape index (κ2) is 7.02. The maximum atomic E-state index is 11.8. The minimum atomic E-state index is -0.212. The first-order valence-electron chi connectivity index (χ1n) is 6.70. The fourth-order valence-electron chi connectivity index (χ4n) is 1.83. The maximum absolute atomic E-state index is 11.8. The van der Waals surface area contributed by atoms with E-state index in [-0.39, 0.29) is 11.8 Å². The number of hydrogen-bond donors (Lipinski definition) is 2. The molecule has 0 spiro atoms. The summed E-state index contributed by atoms with van der Waals surface area (Å²) >= 11 is 7.44. The van der Waals surface area contributed by atoms with E-state index in [1.807, 2.05) is 25.1 Å². The molecule has 0 aliphatic rings. The number of aromatic nitrogens is 1. The Morgan fingerprint density at radius 3 is 2.95 bits per heavy atom. The predicted molar refractivity (Wildman–Crippen MR) is 88.0 cm³/mol. The zero-order valence-electron chi connectivity index (χ0n) is 12.0. The van der Waals surface area contributed by atoms with Gasteiger partial charge < -0.3 is 11.1 Å². The Morgan fingerprint density at radius 1 is 1.52 bits per heavy atom. The molecule has 1 heterocycles. The zero-order chi connectivity index (χ0) is 15.4. The number of amides is 1. The third-order valence-corrected chi connectivity index (χ3v) is 4.40. The first-order valence-corrected chi connectivity index (χ1v) is 7.89. The van der Waals surface area contributed by atoms with E-state index >= 15 is 0 Å². The zero-order valence-corrected chi connectivity index (χ0v) is 13.6. The van der Waals surface area contributed by atoms with Gasteiger partial charge in [-0.2, -0.15) is 0 Å². The molecule has 112 valence electrons. The first kappa shape index (κ1) is 15.9. The average Bonchev–Trinajstić information content (AvgIpc) is 2.88. The fraction of sp³-hybridized carbons (Fsp3) is 0.333. The molecule has 1 amide bonds. The Balaban J connectivity index is 2.05. The molecule has 1 unspecified atom stereocenters. The lowest BCUT2D eigenvalue weighted by Crippen LogP contribution is -2.26. The maximum Gasteiger partial charge on any atom is 0.230 e. The number of nitrogens with one attached hydrogen (secondary N) is 1. The van der Waals surface area contributed by atoms with Crippen molar-refractivity contribution < 1.29 is 4.79 Å². The van der Waals surface area contributed by atoms with Gasteiger partial charge in [0.15, 0.2) is 5.13 Å². The number of aryl methyl sites for hydroxylation is 1. The van der Waals surface area contributed by atoms with Gasteiger partial charge in [0.05, 0.1) is 0 Å². The summed E-state index contributed by atoms with van der Waals surface area (Å²) in [5, 5.41) is 4.14. The van der Waals surface area contributed by atoms with Crippen molar-refractivity contribution in [2.75, 3.05) is 11.9 Å². The normalized spacial score (nSPS) is 12.2. The van der Waals surface area contributed by atoms with E-state index in [4.69, 9.17) is 17.3 Å². The Hall–Kier alpha value is -1.43. The molecular formula is C15H18ClN3OS. The van der Waals surface area contributed by atoms with Crippen molar-refractivity contribution in [3.63, 3.8) is 0 Å². The SMILES string of the molecule is Cc1cc(Cl)ccc1Cc1cnc(NC(=O)C(C)CN)s1. The Morgan fingerprint density at radius 2 is 2.29 bits per heavy atom. The second-order valence-corrected chi connectivity index (χ2v) is 6.56. The van der Waals surface area contributed by atoms with E-state index in [0.717, 1.165) is 21.9 Å². The van der Waals surface area contributed by atoms with Gasteiger partial charge in [-0.3, -0.25) is 4.79 Å². The van der Waals surface area contributed by atoms with Crippen LogP contribution in [-0.2, 0) is 11.2 Å². The number of nitrogens with two attached hydrogens (primary N) is 1. The smallest absolute Gasteiger partial charge is 0.230 e. The molecule has 0 bridgehead atoms. The molecule has 21 heavy (non-hydrogen) atoms. The number of rotatable bonds is 5. The number of hydrogen-bond acceptors (Lipinski definition) is 4. The van der Waals surface area contributed by atoms with Gasteiger partial charge >= 0.3 is 0 Å². The number of carbonyl (C=O) groups is 1. The first-order chi connectivity index (χ1) is 9.99. The van der Waals surface area contributed by atoms with E-state index in [1.54, 1.807) is 13.1 Å². The van der Waals surface area contributed by atoms with Crippen LogP contribution in [0.3, 0.4) is 0 Å². The van der Waals surface area contributed by atoms with Gasteiger partial charge in [-0.15, -0.1) is 11.3 Å². The van der Waals surface area contributed by atoms with Crippen molar-refractivity contribution in [3.05, 3.63) is 45.4 Å². The molecule has 3 N–H and O–H groups in total. The van der Waals surface area contributed by atoms with Crippen LogP contribution < -0.4 is 11.1 Å². The standard InChI is InChI=1S/C15H18ClN3OS/c1-9-5-12(16)4-3-11(9)6-13-8-18-15(21-13)19-14(20)10(2)7-17/h3-5,8,10H,6-7,17H2,1-2H3,(H,18,19,20). The molecule has 4 nitrogen and oxygen atoms in total. The highest BCUT2D eigenvalue weighted by Crippen LogP contribution is 2.24. The molecule has 0 saturated carbocycles. The van der Waals surface area contributed by atoms with Crippen LogP contribution in [0.5, 0.6) is 0 Å². The van der Waals surface area contributed by atoms with Gasteiger partial charge in [0.2, 0.25) is 5.91 Å². The monoisotopic (exact) mass is 323 g/mol. The van der Waals surface area contributed by atoms with Crippen molar-refractivity contribution in [1.29, 1.82) is 0 Å². The van der Waals surface area contributed by atoms with Crippen molar-refractivity contribution in [2.24, 2.45) is 11.7 Å². The van der Waals surface area contributed by atoms with E-state index in [0.29, 0.717) is 11.7 Å². The molecule has 0 fully saturated rings. The summed E-state index contributed by atoms with van der Waals surface area (Å²) in [7, 11) is 0. The third-order valence-electron chi connectivity index (χ3n) is 3.25. The van der Waals surface area contributed by atoms with E-state index in [1.165, 1.54) is 16.9 Å². The van der Waals surface area contributed by atoms with E-state index < -0.39 is 0 Å². The highest BCUT2D eigenvalue weighted by molar-refractivity contribution is 7.15. The number of thiazole rings is 1. The topological polar surface area (TPSA) is 68.0 Å². The summed E-state index contributed by atoms with van der Waals surface area (Å²) in [5.41, 5.74) is 7.83. The van der Waals surface area contributed by atoms with Crippen LogP contribution in [0, 0.1) is 12.8 Å². The Kier molecular flexibility index (Phi) is 5.33. The number of benzene rings is 1. The van der Waals surface area contributed by atoms with Gasteiger partial charge in [0.25, 0.3) is 0 Å². The molecule has 1 aromatic heterocycles. The quantitative estimate of drug-likeness (QED) is 0.887. The second-order valence-electron chi connectivity index (χ2n) is 5.01. The van der Waals surface area contributed by atoms with Crippen molar-refractivity contribution in [1.82, 2.24) is 4.98 Å². The molecule has 0 aliphatic heterocycles. The lowest BCUT2D eigenvalue weighted by Gasteiger charge is -2.06. The van der Waals surface area contributed by atoms with Crippen LogP contribution in [0.15, 0.2) is 24.4 Å². The van der Waals surface area contributed by atoms with E-state index in [9.17, 15) is 4.79 Å². The minimum Gasteiger partial charge on any atom is -0.330 e.